The average molecular weight is 271 g/mol. The summed E-state index contributed by atoms with van der Waals surface area (Å²) >= 11 is 0. The first kappa shape index (κ1) is 13.9. The van der Waals surface area contributed by atoms with Crippen LogP contribution in [0.3, 0.4) is 0 Å². The minimum absolute atomic E-state index is 0.119. The van der Waals surface area contributed by atoms with Crippen LogP contribution in [0.4, 0.5) is 11.4 Å². The van der Waals surface area contributed by atoms with Gasteiger partial charge in [0.2, 0.25) is 11.5 Å². The summed E-state index contributed by atoms with van der Waals surface area (Å²) in [5.41, 5.74) is 7.67. The van der Waals surface area contributed by atoms with Gasteiger partial charge in [-0.15, -0.1) is 0 Å². The van der Waals surface area contributed by atoms with E-state index in [-0.39, 0.29) is 17.4 Å². The maximum absolute atomic E-state index is 12.2. The third-order valence-corrected chi connectivity index (χ3v) is 3.16. The lowest BCUT2D eigenvalue weighted by atomic mass is 10.00. The molecule has 104 valence electrons. The Bertz CT molecular complexity index is 692. The van der Waals surface area contributed by atoms with Gasteiger partial charge in [0, 0.05) is 25.0 Å². The molecule has 0 bridgehead atoms. The van der Waals surface area contributed by atoms with Crippen molar-refractivity contribution in [1.29, 1.82) is 0 Å². The Morgan fingerprint density at radius 1 is 1.30 bits per heavy atom. The Morgan fingerprint density at radius 3 is 2.70 bits per heavy atom. The fourth-order valence-electron chi connectivity index (χ4n) is 1.90. The van der Waals surface area contributed by atoms with Crippen molar-refractivity contribution < 1.29 is 4.79 Å². The Balaban J connectivity index is 2.15. The number of pyridine rings is 1. The van der Waals surface area contributed by atoms with E-state index in [1.54, 1.807) is 31.4 Å². The van der Waals surface area contributed by atoms with Gasteiger partial charge in [-0.05, 0) is 30.7 Å². The second-order valence-electron chi connectivity index (χ2n) is 4.75. The highest BCUT2D eigenvalue weighted by atomic mass is 16.2. The fraction of sp³-hybridized carbons (Fsp3) is 0.200. The first-order valence-corrected chi connectivity index (χ1v) is 6.30. The molecular weight excluding hydrogens is 254 g/mol. The summed E-state index contributed by atoms with van der Waals surface area (Å²) in [4.78, 5) is 23.5. The lowest BCUT2D eigenvalue weighted by molar-refractivity contribution is -0.117. The number of hydrogen-bond acceptors (Lipinski definition) is 3. The van der Waals surface area contributed by atoms with Crippen molar-refractivity contribution in [2.45, 2.75) is 12.8 Å². The van der Waals surface area contributed by atoms with Crippen LogP contribution >= 0.6 is 0 Å². The van der Waals surface area contributed by atoms with Gasteiger partial charge in [0.25, 0.3) is 0 Å². The summed E-state index contributed by atoms with van der Waals surface area (Å²) in [5, 5.41) is 2.79. The lowest BCUT2D eigenvalue weighted by Crippen LogP contribution is -2.21. The van der Waals surface area contributed by atoms with Gasteiger partial charge in [-0.1, -0.05) is 12.1 Å². The molecule has 0 aliphatic heterocycles. The summed E-state index contributed by atoms with van der Waals surface area (Å²) in [5.74, 6) is -0.468. The normalized spacial score (nSPS) is 11.9. The summed E-state index contributed by atoms with van der Waals surface area (Å²) in [6, 6.07) is 10.3. The van der Waals surface area contributed by atoms with Crippen molar-refractivity contribution >= 4 is 17.3 Å². The molecule has 3 N–H and O–H groups in total. The Hall–Kier alpha value is -2.56. The van der Waals surface area contributed by atoms with Gasteiger partial charge in [0.05, 0.1) is 11.6 Å². The molecule has 0 aliphatic rings. The Morgan fingerprint density at radius 2 is 2.05 bits per heavy atom. The van der Waals surface area contributed by atoms with Gasteiger partial charge in [-0.25, -0.2) is 0 Å². The van der Waals surface area contributed by atoms with Crippen LogP contribution in [-0.4, -0.2) is 10.5 Å². The average Bonchev–Trinajstić information content (AvgIpc) is 2.42. The predicted octanol–water partition coefficient (Wildman–Crippen LogP) is 1.71. The van der Waals surface area contributed by atoms with Crippen molar-refractivity contribution in [3.8, 4) is 0 Å². The molecule has 0 fully saturated rings. The number of nitrogens with one attached hydrogen (secondary N) is 1. The molecule has 5 nitrogen and oxygen atoms in total. The zero-order valence-corrected chi connectivity index (χ0v) is 11.5. The molecular formula is C15H17N3O2. The molecule has 1 atom stereocenters. The van der Waals surface area contributed by atoms with Crippen molar-refractivity contribution in [1.82, 2.24) is 4.57 Å². The van der Waals surface area contributed by atoms with E-state index in [4.69, 9.17) is 5.73 Å². The van der Waals surface area contributed by atoms with E-state index in [1.807, 2.05) is 19.1 Å². The van der Waals surface area contributed by atoms with E-state index in [0.717, 1.165) is 5.56 Å². The zero-order valence-electron chi connectivity index (χ0n) is 11.5. The van der Waals surface area contributed by atoms with Crippen molar-refractivity contribution in [3.05, 3.63) is 58.5 Å². The Kier molecular flexibility index (Phi) is 3.89. The number of nitrogen functional groups attached to an aromatic ring is 1. The van der Waals surface area contributed by atoms with Crippen LogP contribution in [0.15, 0.2) is 47.4 Å². The van der Waals surface area contributed by atoms with Gasteiger partial charge in [0.1, 0.15) is 0 Å². The van der Waals surface area contributed by atoms with E-state index in [9.17, 15) is 9.59 Å². The largest absolute Gasteiger partial charge is 0.399 e. The third-order valence-electron chi connectivity index (χ3n) is 3.16. The quantitative estimate of drug-likeness (QED) is 0.834. The van der Waals surface area contributed by atoms with Gasteiger partial charge >= 0.3 is 0 Å². The minimum Gasteiger partial charge on any atom is -0.399 e. The summed E-state index contributed by atoms with van der Waals surface area (Å²) in [6.07, 6.45) is 1.59. The van der Waals surface area contributed by atoms with Crippen LogP contribution in [0.2, 0.25) is 0 Å². The van der Waals surface area contributed by atoms with E-state index in [1.165, 1.54) is 10.6 Å². The molecule has 1 heterocycles. The molecule has 1 unspecified atom stereocenters. The van der Waals surface area contributed by atoms with Crippen LogP contribution in [0, 0.1) is 0 Å². The topological polar surface area (TPSA) is 77.1 Å². The van der Waals surface area contributed by atoms with Gasteiger partial charge in [-0.2, -0.15) is 0 Å². The zero-order chi connectivity index (χ0) is 14.7. The minimum atomic E-state index is -0.323. The number of aryl methyl sites for hydroxylation is 1. The van der Waals surface area contributed by atoms with Gasteiger partial charge in [-0.3, -0.25) is 9.59 Å². The summed E-state index contributed by atoms with van der Waals surface area (Å²) in [7, 11) is 1.64. The summed E-state index contributed by atoms with van der Waals surface area (Å²) in [6.45, 7) is 1.81. The van der Waals surface area contributed by atoms with Crippen LogP contribution < -0.4 is 16.6 Å². The SMILES string of the molecule is CC(C(=O)Nc1ccc(=O)n(C)c1)c1cccc(N)c1. The maximum atomic E-state index is 12.2. The molecule has 1 aromatic heterocycles. The van der Waals surface area contributed by atoms with Crippen molar-refractivity contribution in [2.24, 2.45) is 7.05 Å². The number of aromatic nitrogens is 1. The van der Waals surface area contributed by atoms with Crippen LogP contribution in [-0.2, 0) is 11.8 Å². The number of amides is 1. The number of anilines is 2. The van der Waals surface area contributed by atoms with Crippen LogP contribution in [0.25, 0.3) is 0 Å². The molecule has 1 amide bonds. The van der Waals surface area contributed by atoms with Gasteiger partial charge < -0.3 is 15.6 Å². The third kappa shape index (κ3) is 3.06. The van der Waals surface area contributed by atoms with Crippen LogP contribution in [0.1, 0.15) is 18.4 Å². The van der Waals surface area contributed by atoms with E-state index in [0.29, 0.717) is 11.4 Å². The fourth-order valence-corrected chi connectivity index (χ4v) is 1.90. The van der Waals surface area contributed by atoms with Crippen LogP contribution in [0.5, 0.6) is 0 Å². The van der Waals surface area contributed by atoms with Gasteiger partial charge in [0.15, 0.2) is 0 Å². The summed E-state index contributed by atoms with van der Waals surface area (Å²) < 4.78 is 1.42. The highest BCUT2D eigenvalue weighted by Gasteiger charge is 2.15. The number of carbonyl (C=O) groups is 1. The number of nitrogens with two attached hydrogens (primary N) is 1. The predicted molar refractivity (Wildman–Crippen MR) is 79.6 cm³/mol. The standard InChI is InChI=1S/C15H17N3O2/c1-10(11-4-3-5-12(16)8-11)15(20)17-13-6-7-14(19)18(2)9-13/h3-10H,16H2,1-2H3,(H,17,20). The first-order valence-electron chi connectivity index (χ1n) is 6.30. The molecule has 2 rings (SSSR count). The Labute approximate surface area is 117 Å². The molecule has 0 saturated heterocycles. The first-order chi connectivity index (χ1) is 9.47. The molecule has 0 saturated carbocycles. The second kappa shape index (κ2) is 5.61. The molecule has 0 radical (unpaired) electrons. The molecule has 1 aromatic carbocycles. The number of hydrogen-bond donors (Lipinski definition) is 2. The van der Waals surface area contributed by atoms with E-state index >= 15 is 0 Å². The highest BCUT2D eigenvalue weighted by Crippen LogP contribution is 2.19. The number of carbonyl (C=O) groups excluding carboxylic acids is 1. The highest BCUT2D eigenvalue weighted by molar-refractivity contribution is 5.95. The molecule has 0 spiro atoms. The van der Waals surface area contributed by atoms with E-state index < -0.39 is 0 Å². The smallest absolute Gasteiger partial charge is 0.250 e. The van der Waals surface area contributed by atoms with Crippen molar-refractivity contribution in [2.75, 3.05) is 11.1 Å². The number of rotatable bonds is 3. The molecule has 2 aromatic rings. The molecule has 5 heteroatoms. The van der Waals surface area contributed by atoms with Crippen molar-refractivity contribution in [3.63, 3.8) is 0 Å². The molecule has 20 heavy (non-hydrogen) atoms. The monoisotopic (exact) mass is 271 g/mol. The number of nitrogens with zero attached hydrogens (tertiary/aromatic N) is 1. The molecule has 0 aliphatic carbocycles. The number of benzene rings is 1. The lowest BCUT2D eigenvalue weighted by Gasteiger charge is -2.13. The maximum Gasteiger partial charge on any atom is 0.250 e. The second-order valence-corrected chi connectivity index (χ2v) is 4.75. The van der Waals surface area contributed by atoms with E-state index in [2.05, 4.69) is 5.32 Å².